The molecule has 34 heavy (non-hydrogen) atoms. The van der Waals surface area contributed by atoms with E-state index in [4.69, 9.17) is 23.4 Å². The smallest absolute Gasteiger partial charge is 0.277 e. The van der Waals surface area contributed by atoms with Crippen molar-refractivity contribution in [2.75, 3.05) is 40.7 Å². The molecule has 3 aromatic rings. The highest BCUT2D eigenvalue weighted by molar-refractivity contribution is 7.99. The monoisotopic (exact) mass is 491 g/mol. The molecule has 0 atom stereocenters. The first-order valence-corrected chi connectivity index (χ1v) is 11.3. The van der Waals surface area contributed by atoms with E-state index in [-0.39, 0.29) is 35.1 Å². The molecule has 0 saturated heterocycles. The van der Waals surface area contributed by atoms with Crippen molar-refractivity contribution in [3.63, 3.8) is 0 Å². The SMILES string of the molecule is CCN(Cc1ccc(OC)c(F)c1)C(=O)CSc1nnc(-c2cc(OC)c(OC)c(OC)c2)o1. The molecule has 3 rings (SSSR count). The Morgan fingerprint density at radius 3 is 2.24 bits per heavy atom. The van der Waals surface area contributed by atoms with Gasteiger partial charge in [-0.05, 0) is 36.8 Å². The first-order chi connectivity index (χ1) is 16.4. The van der Waals surface area contributed by atoms with Crippen LogP contribution in [0.1, 0.15) is 12.5 Å². The van der Waals surface area contributed by atoms with Gasteiger partial charge in [0.15, 0.2) is 23.1 Å². The second-order valence-electron chi connectivity index (χ2n) is 6.95. The van der Waals surface area contributed by atoms with Gasteiger partial charge in [0, 0.05) is 18.7 Å². The van der Waals surface area contributed by atoms with Gasteiger partial charge in [-0.1, -0.05) is 17.8 Å². The fourth-order valence-corrected chi connectivity index (χ4v) is 3.87. The van der Waals surface area contributed by atoms with E-state index in [1.165, 1.54) is 34.5 Å². The Labute approximate surface area is 201 Å². The molecular weight excluding hydrogens is 465 g/mol. The highest BCUT2D eigenvalue weighted by Crippen LogP contribution is 2.41. The van der Waals surface area contributed by atoms with E-state index in [9.17, 15) is 9.18 Å². The van der Waals surface area contributed by atoms with Crippen LogP contribution in [0.3, 0.4) is 0 Å². The summed E-state index contributed by atoms with van der Waals surface area (Å²) in [5.41, 5.74) is 1.25. The Balaban J connectivity index is 1.67. The number of ether oxygens (including phenoxy) is 4. The van der Waals surface area contributed by atoms with Crippen LogP contribution < -0.4 is 18.9 Å². The third kappa shape index (κ3) is 5.71. The lowest BCUT2D eigenvalue weighted by Gasteiger charge is -2.20. The van der Waals surface area contributed by atoms with E-state index < -0.39 is 5.82 Å². The number of methoxy groups -OCH3 is 4. The first kappa shape index (κ1) is 25.2. The molecule has 0 saturated carbocycles. The number of aromatic nitrogens is 2. The molecule has 0 aliphatic rings. The zero-order valence-electron chi connectivity index (χ0n) is 19.6. The van der Waals surface area contributed by atoms with E-state index in [2.05, 4.69) is 10.2 Å². The van der Waals surface area contributed by atoms with E-state index >= 15 is 0 Å². The Kier molecular flexibility index (Phi) is 8.58. The lowest BCUT2D eigenvalue weighted by Crippen LogP contribution is -2.31. The molecule has 0 spiro atoms. The van der Waals surface area contributed by atoms with Gasteiger partial charge in [-0.25, -0.2) is 4.39 Å². The van der Waals surface area contributed by atoms with Crippen LogP contribution in [0.5, 0.6) is 23.0 Å². The van der Waals surface area contributed by atoms with Gasteiger partial charge in [0.2, 0.25) is 17.5 Å². The van der Waals surface area contributed by atoms with Gasteiger partial charge in [0.1, 0.15) is 0 Å². The molecule has 0 aliphatic carbocycles. The van der Waals surface area contributed by atoms with Gasteiger partial charge in [-0.2, -0.15) is 0 Å². The van der Waals surface area contributed by atoms with Crippen LogP contribution in [0.25, 0.3) is 11.5 Å². The zero-order chi connectivity index (χ0) is 24.7. The molecule has 1 heterocycles. The summed E-state index contributed by atoms with van der Waals surface area (Å²) in [5, 5.41) is 8.32. The van der Waals surface area contributed by atoms with Crippen LogP contribution in [-0.2, 0) is 11.3 Å². The van der Waals surface area contributed by atoms with Gasteiger partial charge in [0.05, 0.1) is 34.2 Å². The molecule has 0 radical (unpaired) electrons. The molecule has 9 nitrogen and oxygen atoms in total. The van der Waals surface area contributed by atoms with Gasteiger partial charge in [-0.3, -0.25) is 4.79 Å². The summed E-state index contributed by atoms with van der Waals surface area (Å²) < 4.78 is 40.7. The van der Waals surface area contributed by atoms with Crippen LogP contribution in [-0.4, -0.2) is 61.7 Å². The average Bonchev–Trinajstić information content (AvgIpc) is 3.34. The van der Waals surface area contributed by atoms with Crippen LogP contribution >= 0.6 is 11.8 Å². The maximum atomic E-state index is 14.0. The lowest BCUT2D eigenvalue weighted by atomic mass is 10.2. The van der Waals surface area contributed by atoms with E-state index in [0.717, 1.165) is 11.8 Å². The molecule has 2 aromatic carbocycles. The molecule has 11 heteroatoms. The van der Waals surface area contributed by atoms with Crippen molar-refractivity contribution in [1.29, 1.82) is 0 Å². The largest absolute Gasteiger partial charge is 0.494 e. The molecule has 182 valence electrons. The van der Waals surface area contributed by atoms with E-state index in [0.29, 0.717) is 34.9 Å². The normalized spacial score (nSPS) is 10.6. The minimum Gasteiger partial charge on any atom is -0.494 e. The van der Waals surface area contributed by atoms with Crippen molar-refractivity contribution in [3.8, 4) is 34.5 Å². The van der Waals surface area contributed by atoms with Crippen molar-refractivity contribution in [2.45, 2.75) is 18.7 Å². The van der Waals surface area contributed by atoms with E-state index in [1.807, 2.05) is 6.92 Å². The van der Waals surface area contributed by atoms with Gasteiger partial charge < -0.3 is 28.3 Å². The van der Waals surface area contributed by atoms with Gasteiger partial charge >= 0.3 is 0 Å². The Hall–Kier alpha value is -3.47. The maximum absolute atomic E-state index is 14.0. The molecule has 0 unspecified atom stereocenters. The maximum Gasteiger partial charge on any atom is 0.277 e. The summed E-state index contributed by atoms with van der Waals surface area (Å²) in [6.45, 7) is 2.60. The predicted octanol–water partition coefficient (Wildman–Crippen LogP) is 4.05. The molecule has 0 aliphatic heterocycles. The van der Waals surface area contributed by atoms with Crippen LogP contribution in [0.15, 0.2) is 40.0 Å². The lowest BCUT2D eigenvalue weighted by molar-refractivity contribution is -0.128. The number of benzene rings is 2. The number of carbonyl (C=O) groups is 1. The highest BCUT2D eigenvalue weighted by Gasteiger charge is 2.19. The number of hydrogen-bond acceptors (Lipinski definition) is 9. The fraction of sp³-hybridized carbons (Fsp3) is 0.348. The van der Waals surface area contributed by atoms with Crippen LogP contribution in [0.2, 0.25) is 0 Å². The van der Waals surface area contributed by atoms with Gasteiger partial charge in [0.25, 0.3) is 5.22 Å². The number of hydrogen-bond donors (Lipinski definition) is 0. The molecule has 1 amide bonds. The number of amides is 1. The summed E-state index contributed by atoms with van der Waals surface area (Å²) >= 11 is 1.12. The Morgan fingerprint density at radius 2 is 1.68 bits per heavy atom. The summed E-state index contributed by atoms with van der Waals surface area (Å²) in [6, 6.07) is 8.03. The molecule has 0 fully saturated rings. The predicted molar refractivity (Wildman–Crippen MR) is 124 cm³/mol. The van der Waals surface area contributed by atoms with Gasteiger partial charge in [-0.15, -0.1) is 10.2 Å². The third-order valence-electron chi connectivity index (χ3n) is 4.96. The number of thioether (sulfide) groups is 1. The number of halogens is 1. The number of rotatable bonds is 11. The van der Waals surface area contributed by atoms with Crippen molar-refractivity contribution in [1.82, 2.24) is 15.1 Å². The molecule has 1 aromatic heterocycles. The minimum atomic E-state index is -0.469. The summed E-state index contributed by atoms with van der Waals surface area (Å²) in [6.07, 6.45) is 0. The molecule has 0 N–H and O–H groups in total. The summed E-state index contributed by atoms with van der Waals surface area (Å²) in [4.78, 5) is 14.3. The van der Waals surface area contributed by atoms with E-state index in [1.54, 1.807) is 29.2 Å². The average molecular weight is 492 g/mol. The standard InChI is InChI=1S/C23H26FN3O6S/c1-6-27(12-14-7-8-17(29-2)16(24)9-14)20(28)13-34-23-26-25-22(33-23)15-10-18(30-3)21(32-5)19(11-15)31-4/h7-11H,6,12-13H2,1-5H3. The second-order valence-corrected chi connectivity index (χ2v) is 7.88. The zero-order valence-corrected chi connectivity index (χ0v) is 20.4. The first-order valence-electron chi connectivity index (χ1n) is 10.3. The van der Waals surface area contributed by atoms with Crippen molar-refractivity contribution in [2.24, 2.45) is 0 Å². The van der Waals surface area contributed by atoms with Crippen LogP contribution in [0.4, 0.5) is 4.39 Å². The van der Waals surface area contributed by atoms with Crippen molar-refractivity contribution < 1.29 is 32.5 Å². The molecule has 0 bridgehead atoms. The quantitative estimate of drug-likeness (QED) is 0.368. The number of carbonyl (C=O) groups excluding carboxylic acids is 1. The Morgan fingerprint density at radius 1 is 1.00 bits per heavy atom. The minimum absolute atomic E-state index is 0.0867. The summed E-state index contributed by atoms with van der Waals surface area (Å²) in [7, 11) is 5.95. The summed E-state index contributed by atoms with van der Waals surface area (Å²) in [5.74, 6) is 1.23. The molecular formula is C23H26FN3O6S. The second kappa shape index (κ2) is 11.6. The number of nitrogens with zero attached hydrogens (tertiary/aromatic N) is 3. The fourth-order valence-electron chi connectivity index (χ4n) is 3.21. The Bertz CT molecular complexity index is 1110. The van der Waals surface area contributed by atoms with Crippen molar-refractivity contribution >= 4 is 17.7 Å². The van der Waals surface area contributed by atoms with Crippen LogP contribution in [0, 0.1) is 5.82 Å². The third-order valence-corrected chi connectivity index (χ3v) is 5.76. The topological polar surface area (TPSA) is 96.2 Å². The van der Waals surface area contributed by atoms with Crippen molar-refractivity contribution in [3.05, 3.63) is 41.7 Å². The highest BCUT2D eigenvalue weighted by atomic mass is 32.2.